The molecule has 5 nitrogen and oxygen atoms in total. The molecule has 1 amide bonds. The van der Waals surface area contributed by atoms with Gasteiger partial charge in [-0.25, -0.2) is 4.79 Å². The molecular formula is C17H17NO4. The van der Waals surface area contributed by atoms with Crippen molar-refractivity contribution < 1.29 is 19.8 Å². The third-order valence-corrected chi connectivity index (χ3v) is 3.28. The second kappa shape index (κ2) is 7.26. The fraction of sp³-hybridized carbons (Fsp3) is 0.176. The number of hydrogen-bond donors (Lipinski definition) is 3. The smallest absolute Gasteiger partial charge is 0.331 e. The topological polar surface area (TPSA) is 86.6 Å². The number of rotatable bonds is 6. The molecule has 0 heterocycles. The van der Waals surface area contributed by atoms with Crippen LogP contribution in [0.4, 0.5) is 0 Å². The Labute approximate surface area is 128 Å². The van der Waals surface area contributed by atoms with Gasteiger partial charge in [0, 0.05) is 12.0 Å². The quantitative estimate of drug-likeness (QED) is 0.763. The van der Waals surface area contributed by atoms with Crippen molar-refractivity contribution in [2.24, 2.45) is 0 Å². The predicted molar refractivity (Wildman–Crippen MR) is 81.4 cm³/mol. The van der Waals surface area contributed by atoms with Crippen molar-refractivity contribution in [1.29, 1.82) is 0 Å². The Morgan fingerprint density at radius 2 is 1.64 bits per heavy atom. The zero-order chi connectivity index (χ0) is 15.9. The van der Waals surface area contributed by atoms with E-state index < -0.39 is 12.0 Å². The largest absolute Gasteiger partial charge is 0.508 e. The lowest BCUT2D eigenvalue weighted by Crippen LogP contribution is -2.33. The van der Waals surface area contributed by atoms with Gasteiger partial charge in [-0.05, 0) is 18.1 Å². The lowest BCUT2D eigenvalue weighted by molar-refractivity contribution is -0.142. The minimum absolute atomic E-state index is 0.154. The van der Waals surface area contributed by atoms with Crippen molar-refractivity contribution in [3.05, 3.63) is 65.7 Å². The van der Waals surface area contributed by atoms with Crippen LogP contribution >= 0.6 is 0 Å². The summed E-state index contributed by atoms with van der Waals surface area (Å²) in [5, 5.41) is 21.4. The van der Waals surface area contributed by atoms with E-state index in [2.05, 4.69) is 5.32 Å². The number of benzene rings is 2. The van der Waals surface area contributed by atoms with Gasteiger partial charge in [0.2, 0.25) is 5.91 Å². The highest BCUT2D eigenvalue weighted by Gasteiger charge is 2.24. The highest BCUT2D eigenvalue weighted by molar-refractivity contribution is 5.85. The summed E-state index contributed by atoms with van der Waals surface area (Å²) < 4.78 is 0. The Morgan fingerprint density at radius 3 is 2.27 bits per heavy atom. The average Bonchev–Trinajstić information content (AvgIpc) is 2.52. The summed E-state index contributed by atoms with van der Waals surface area (Å²) in [5.41, 5.74) is 1.18. The molecule has 0 aliphatic heterocycles. The van der Waals surface area contributed by atoms with E-state index >= 15 is 0 Å². The number of carbonyl (C=O) groups is 2. The summed E-state index contributed by atoms with van der Waals surface area (Å²) in [6.45, 7) is 0. The van der Waals surface area contributed by atoms with Crippen molar-refractivity contribution in [3.63, 3.8) is 0 Å². The number of amides is 1. The van der Waals surface area contributed by atoms with Gasteiger partial charge in [0.25, 0.3) is 0 Å². The third kappa shape index (κ3) is 4.09. The zero-order valence-electron chi connectivity index (χ0n) is 11.9. The van der Waals surface area contributed by atoms with Gasteiger partial charge in [-0.15, -0.1) is 0 Å². The molecule has 114 valence electrons. The molecule has 1 unspecified atom stereocenters. The van der Waals surface area contributed by atoms with Gasteiger partial charge in [0.15, 0.2) is 6.04 Å². The van der Waals surface area contributed by atoms with Gasteiger partial charge in [-0.1, -0.05) is 48.5 Å². The van der Waals surface area contributed by atoms with E-state index in [0.717, 1.165) is 5.56 Å². The summed E-state index contributed by atoms with van der Waals surface area (Å²) in [5.74, 6) is -1.74. The fourth-order valence-corrected chi connectivity index (χ4v) is 2.14. The summed E-state index contributed by atoms with van der Waals surface area (Å²) >= 11 is 0. The first-order valence-corrected chi connectivity index (χ1v) is 6.92. The highest BCUT2D eigenvalue weighted by Crippen LogP contribution is 2.24. The number of phenolic OH excluding ortho intramolecular Hbond substituents is 1. The Bertz CT molecular complexity index is 655. The lowest BCUT2D eigenvalue weighted by atomic mass is 10.0. The maximum absolute atomic E-state index is 12.0. The number of hydrogen-bond acceptors (Lipinski definition) is 3. The number of carboxylic acid groups (broad SMARTS) is 1. The second-order valence-electron chi connectivity index (χ2n) is 4.88. The van der Waals surface area contributed by atoms with Crippen molar-refractivity contribution >= 4 is 11.9 Å². The minimum Gasteiger partial charge on any atom is -0.508 e. The van der Waals surface area contributed by atoms with Crippen molar-refractivity contribution in [3.8, 4) is 5.75 Å². The molecule has 2 aromatic carbocycles. The number of nitrogens with one attached hydrogen (secondary N) is 1. The highest BCUT2D eigenvalue weighted by atomic mass is 16.4. The molecule has 3 N–H and O–H groups in total. The summed E-state index contributed by atoms with van der Waals surface area (Å²) in [7, 11) is 0. The molecule has 0 spiro atoms. The van der Waals surface area contributed by atoms with Crippen LogP contribution in [-0.4, -0.2) is 22.1 Å². The van der Waals surface area contributed by atoms with E-state index in [1.54, 1.807) is 12.1 Å². The number of aryl methyl sites for hydroxylation is 1. The zero-order valence-corrected chi connectivity index (χ0v) is 11.9. The van der Waals surface area contributed by atoms with Crippen LogP contribution in [0.1, 0.15) is 23.6 Å². The van der Waals surface area contributed by atoms with E-state index in [-0.39, 0.29) is 23.6 Å². The summed E-state index contributed by atoms with van der Waals surface area (Å²) in [6, 6.07) is 14.3. The number of aromatic hydroxyl groups is 1. The van der Waals surface area contributed by atoms with Crippen LogP contribution in [0.3, 0.4) is 0 Å². The van der Waals surface area contributed by atoms with Crippen LogP contribution < -0.4 is 5.32 Å². The first-order valence-electron chi connectivity index (χ1n) is 6.92. The van der Waals surface area contributed by atoms with Crippen molar-refractivity contribution in [2.45, 2.75) is 18.9 Å². The SMILES string of the molecule is O=C(CCc1ccccc1)NC(C(=O)O)c1ccccc1O. The Balaban J connectivity index is 2.01. The molecule has 0 fully saturated rings. The maximum Gasteiger partial charge on any atom is 0.331 e. The van der Waals surface area contributed by atoms with E-state index in [9.17, 15) is 19.8 Å². The standard InChI is InChI=1S/C17H17NO4/c19-14-9-5-4-8-13(14)16(17(21)22)18-15(20)11-10-12-6-2-1-3-7-12/h1-9,16,19H,10-11H2,(H,18,20)(H,21,22). The maximum atomic E-state index is 12.0. The van der Waals surface area contributed by atoms with Crippen LogP contribution in [0.2, 0.25) is 0 Å². The lowest BCUT2D eigenvalue weighted by Gasteiger charge is -2.16. The van der Waals surface area contributed by atoms with E-state index in [1.807, 2.05) is 30.3 Å². The summed E-state index contributed by atoms with van der Waals surface area (Å²) in [4.78, 5) is 23.3. The van der Waals surface area contributed by atoms with E-state index in [1.165, 1.54) is 12.1 Å². The molecule has 0 radical (unpaired) electrons. The molecule has 2 rings (SSSR count). The van der Waals surface area contributed by atoms with E-state index in [0.29, 0.717) is 6.42 Å². The second-order valence-corrected chi connectivity index (χ2v) is 4.88. The van der Waals surface area contributed by atoms with Gasteiger partial charge >= 0.3 is 5.97 Å². The normalized spacial score (nSPS) is 11.6. The number of carbonyl (C=O) groups excluding carboxylic acids is 1. The first kappa shape index (κ1) is 15.6. The van der Waals surface area contributed by atoms with Gasteiger partial charge in [-0.3, -0.25) is 4.79 Å². The van der Waals surface area contributed by atoms with Gasteiger partial charge < -0.3 is 15.5 Å². The number of para-hydroxylation sites is 1. The monoisotopic (exact) mass is 299 g/mol. The van der Waals surface area contributed by atoms with Gasteiger partial charge in [0.05, 0.1) is 0 Å². The van der Waals surface area contributed by atoms with Gasteiger partial charge in [-0.2, -0.15) is 0 Å². The summed E-state index contributed by atoms with van der Waals surface area (Å²) in [6.07, 6.45) is 0.709. The molecule has 0 aliphatic carbocycles. The molecular weight excluding hydrogens is 282 g/mol. The Hall–Kier alpha value is -2.82. The van der Waals surface area contributed by atoms with Crippen LogP contribution in [0.5, 0.6) is 5.75 Å². The molecule has 22 heavy (non-hydrogen) atoms. The fourth-order valence-electron chi connectivity index (χ4n) is 2.14. The molecule has 0 bridgehead atoms. The molecule has 2 aromatic rings. The molecule has 0 aromatic heterocycles. The van der Waals surface area contributed by atoms with E-state index in [4.69, 9.17) is 0 Å². The van der Waals surface area contributed by atoms with Crippen LogP contribution in [0.15, 0.2) is 54.6 Å². The van der Waals surface area contributed by atoms with Crippen molar-refractivity contribution in [1.82, 2.24) is 5.32 Å². The Morgan fingerprint density at radius 1 is 1.00 bits per heavy atom. The average molecular weight is 299 g/mol. The number of aliphatic carboxylic acids is 1. The van der Waals surface area contributed by atoms with Crippen molar-refractivity contribution in [2.75, 3.05) is 0 Å². The predicted octanol–water partition coefficient (Wildman–Crippen LogP) is 2.27. The molecule has 5 heteroatoms. The molecule has 0 saturated carbocycles. The molecule has 1 atom stereocenters. The molecule has 0 aliphatic rings. The molecule has 0 saturated heterocycles. The van der Waals surface area contributed by atoms with Crippen LogP contribution in [-0.2, 0) is 16.0 Å². The Kier molecular flexibility index (Phi) is 5.14. The van der Waals surface area contributed by atoms with Gasteiger partial charge in [0.1, 0.15) is 5.75 Å². The first-order chi connectivity index (χ1) is 10.6. The number of phenols is 1. The third-order valence-electron chi connectivity index (χ3n) is 3.28. The number of carboxylic acids is 1. The minimum atomic E-state index is -1.26. The van der Waals surface area contributed by atoms with Crippen LogP contribution in [0.25, 0.3) is 0 Å². The van der Waals surface area contributed by atoms with Crippen LogP contribution in [0, 0.1) is 0 Å².